The van der Waals surface area contributed by atoms with Crippen molar-refractivity contribution >= 4 is 21.8 Å². The van der Waals surface area contributed by atoms with E-state index < -0.39 is 10.0 Å². The van der Waals surface area contributed by atoms with E-state index in [4.69, 9.17) is 9.72 Å². The zero-order chi connectivity index (χ0) is 23.4. The number of piperazine rings is 1. The molecule has 2 aliphatic rings. The van der Waals surface area contributed by atoms with E-state index in [1.165, 1.54) is 19.3 Å². The second kappa shape index (κ2) is 9.99. The summed E-state index contributed by atoms with van der Waals surface area (Å²) in [5, 5.41) is 0. The van der Waals surface area contributed by atoms with Crippen molar-refractivity contribution in [1.29, 1.82) is 0 Å². The van der Waals surface area contributed by atoms with Crippen LogP contribution >= 0.6 is 0 Å². The molecule has 0 saturated carbocycles. The van der Waals surface area contributed by atoms with Crippen molar-refractivity contribution in [2.45, 2.75) is 24.2 Å². The quantitative estimate of drug-likeness (QED) is 0.532. The molecule has 2 fully saturated rings. The van der Waals surface area contributed by atoms with Gasteiger partial charge in [-0.3, -0.25) is 0 Å². The molecule has 5 rings (SSSR count). The third-order valence-electron chi connectivity index (χ3n) is 6.27. The van der Waals surface area contributed by atoms with E-state index in [-0.39, 0.29) is 4.90 Å². The van der Waals surface area contributed by atoms with Crippen molar-refractivity contribution in [2.24, 2.45) is 0 Å². The predicted molar refractivity (Wildman–Crippen MR) is 132 cm³/mol. The fourth-order valence-corrected chi connectivity index (χ4v) is 5.79. The normalized spacial score (nSPS) is 17.5. The molecule has 8 nitrogen and oxygen atoms in total. The van der Waals surface area contributed by atoms with E-state index in [0.717, 1.165) is 24.9 Å². The molecule has 2 aliphatic heterocycles. The van der Waals surface area contributed by atoms with Crippen LogP contribution in [0.1, 0.15) is 19.3 Å². The van der Waals surface area contributed by atoms with Crippen molar-refractivity contribution in [2.75, 3.05) is 49.1 Å². The number of anilines is 2. The van der Waals surface area contributed by atoms with E-state index >= 15 is 0 Å². The highest BCUT2D eigenvalue weighted by Crippen LogP contribution is 2.26. The number of aromatic nitrogens is 2. The zero-order valence-corrected chi connectivity index (χ0v) is 19.9. The van der Waals surface area contributed by atoms with Gasteiger partial charge in [0.1, 0.15) is 17.3 Å². The molecule has 9 heteroatoms. The van der Waals surface area contributed by atoms with Crippen molar-refractivity contribution in [3.8, 4) is 11.5 Å². The fraction of sp³-hybridized carbons (Fsp3) is 0.360. The number of hydrogen-bond acceptors (Lipinski definition) is 7. The molecule has 34 heavy (non-hydrogen) atoms. The van der Waals surface area contributed by atoms with Crippen LogP contribution in [0.3, 0.4) is 0 Å². The van der Waals surface area contributed by atoms with Gasteiger partial charge in [0, 0.05) is 45.5 Å². The van der Waals surface area contributed by atoms with Gasteiger partial charge < -0.3 is 14.5 Å². The Hall–Kier alpha value is -3.17. The van der Waals surface area contributed by atoms with E-state index in [2.05, 4.69) is 14.8 Å². The maximum Gasteiger partial charge on any atom is 0.243 e. The molecule has 0 bridgehead atoms. The summed E-state index contributed by atoms with van der Waals surface area (Å²) in [6, 6.07) is 17.9. The minimum Gasteiger partial charge on any atom is -0.457 e. The monoisotopic (exact) mass is 479 g/mol. The Bertz CT molecular complexity index is 1190. The van der Waals surface area contributed by atoms with Gasteiger partial charge in [-0.25, -0.2) is 13.4 Å². The lowest BCUT2D eigenvalue weighted by Crippen LogP contribution is -2.49. The first-order valence-corrected chi connectivity index (χ1v) is 13.2. The molecule has 178 valence electrons. The Balaban J connectivity index is 1.22. The second-order valence-corrected chi connectivity index (χ2v) is 10.5. The fourth-order valence-electron chi connectivity index (χ4n) is 4.37. The molecular formula is C25H29N5O3S. The minimum atomic E-state index is -3.57. The lowest BCUT2D eigenvalue weighted by Gasteiger charge is -2.35. The van der Waals surface area contributed by atoms with Gasteiger partial charge >= 0.3 is 0 Å². The summed E-state index contributed by atoms with van der Waals surface area (Å²) in [7, 11) is -3.57. The number of nitrogens with zero attached hydrogens (tertiary/aromatic N) is 5. The third kappa shape index (κ3) is 5.00. The molecule has 0 aliphatic carbocycles. The highest BCUT2D eigenvalue weighted by molar-refractivity contribution is 7.89. The SMILES string of the molecule is O=S(=O)(c1ccc(Oc2ccccc2)cc1)N1CCN(c2ccnc(N3CCCCC3)n2)CC1. The van der Waals surface area contributed by atoms with Gasteiger partial charge in [-0.05, 0) is 61.7 Å². The molecule has 2 aromatic carbocycles. The Kier molecular flexibility index (Phi) is 6.64. The first kappa shape index (κ1) is 22.6. The Labute approximate surface area is 200 Å². The summed E-state index contributed by atoms with van der Waals surface area (Å²) in [4.78, 5) is 13.9. The smallest absolute Gasteiger partial charge is 0.243 e. The van der Waals surface area contributed by atoms with Crippen LogP contribution in [0.2, 0.25) is 0 Å². The first-order chi connectivity index (χ1) is 16.6. The molecule has 1 aromatic heterocycles. The van der Waals surface area contributed by atoms with Crippen molar-refractivity contribution in [3.05, 3.63) is 66.9 Å². The van der Waals surface area contributed by atoms with E-state index in [0.29, 0.717) is 37.7 Å². The zero-order valence-electron chi connectivity index (χ0n) is 19.1. The van der Waals surface area contributed by atoms with Crippen molar-refractivity contribution in [3.63, 3.8) is 0 Å². The average molecular weight is 480 g/mol. The highest BCUT2D eigenvalue weighted by Gasteiger charge is 2.29. The van der Waals surface area contributed by atoms with Gasteiger partial charge in [0.2, 0.25) is 16.0 Å². The molecule has 0 atom stereocenters. The van der Waals surface area contributed by atoms with Crippen molar-refractivity contribution < 1.29 is 13.2 Å². The van der Waals surface area contributed by atoms with Crippen LogP contribution in [0.15, 0.2) is 71.8 Å². The molecule has 3 heterocycles. The Morgan fingerprint density at radius 1 is 0.706 bits per heavy atom. The lowest BCUT2D eigenvalue weighted by molar-refractivity contribution is 0.383. The van der Waals surface area contributed by atoms with Crippen LogP contribution in [0.5, 0.6) is 11.5 Å². The number of sulfonamides is 1. The number of benzene rings is 2. The molecule has 0 unspecified atom stereocenters. The van der Waals surface area contributed by atoms with Crippen LogP contribution < -0.4 is 14.5 Å². The van der Waals surface area contributed by atoms with E-state index in [1.807, 2.05) is 36.4 Å². The number of rotatable bonds is 6. The topological polar surface area (TPSA) is 78.9 Å². The Morgan fingerprint density at radius 2 is 1.38 bits per heavy atom. The largest absolute Gasteiger partial charge is 0.457 e. The van der Waals surface area contributed by atoms with Gasteiger partial charge in [-0.15, -0.1) is 0 Å². The summed E-state index contributed by atoms with van der Waals surface area (Å²) in [5.74, 6) is 2.94. The maximum absolute atomic E-state index is 13.2. The van der Waals surface area contributed by atoms with Gasteiger partial charge in [0.25, 0.3) is 0 Å². The van der Waals surface area contributed by atoms with Gasteiger partial charge in [0.15, 0.2) is 0 Å². The second-order valence-electron chi connectivity index (χ2n) is 8.54. The predicted octanol–water partition coefficient (Wildman–Crippen LogP) is 3.77. The summed E-state index contributed by atoms with van der Waals surface area (Å²) >= 11 is 0. The molecular weight excluding hydrogens is 450 g/mol. The lowest BCUT2D eigenvalue weighted by atomic mass is 10.1. The van der Waals surface area contributed by atoms with Crippen LogP contribution in [-0.2, 0) is 10.0 Å². The summed E-state index contributed by atoms with van der Waals surface area (Å²) in [6.07, 6.45) is 5.40. The van der Waals surface area contributed by atoms with Gasteiger partial charge in [-0.1, -0.05) is 18.2 Å². The number of ether oxygens (including phenoxy) is 1. The van der Waals surface area contributed by atoms with Crippen LogP contribution in [0, 0.1) is 0 Å². The highest BCUT2D eigenvalue weighted by atomic mass is 32.2. The summed E-state index contributed by atoms with van der Waals surface area (Å²) in [5.41, 5.74) is 0. The van der Waals surface area contributed by atoms with Crippen LogP contribution in [0.4, 0.5) is 11.8 Å². The Morgan fingerprint density at radius 3 is 2.09 bits per heavy atom. The molecule has 2 saturated heterocycles. The summed E-state index contributed by atoms with van der Waals surface area (Å²) in [6.45, 7) is 3.98. The summed E-state index contributed by atoms with van der Waals surface area (Å²) < 4.78 is 33.7. The van der Waals surface area contributed by atoms with Crippen molar-refractivity contribution in [1.82, 2.24) is 14.3 Å². The number of piperidine rings is 1. The average Bonchev–Trinajstić information content (AvgIpc) is 2.90. The molecule has 0 N–H and O–H groups in total. The molecule has 0 radical (unpaired) electrons. The standard InChI is InChI=1S/C25H29N5O3S/c31-34(32,23-11-9-22(10-12-23)33-21-7-3-1-4-8-21)30-19-17-28(18-20-30)24-13-14-26-25(27-24)29-15-5-2-6-16-29/h1,3-4,7-14H,2,5-6,15-20H2. The molecule has 0 amide bonds. The van der Waals surface area contributed by atoms with Crippen LogP contribution in [0.25, 0.3) is 0 Å². The van der Waals surface area contributed by atoms with Crippen LogP contribution in [-0.4, -0.2) is 62.0 Å². The maximum atomic E-state index is 13.2. The minimum absolute atomic E-state index is 0.274. The molecule has 0 spiro atoms. The van der Waals surface area contributed by atoms with E-state index in [1.54, 1.807) is 34.8 Å². The van der Waals surface area contributed by atoms with E-state index in [9.17, 15) is 8.42 Å². The number of para-hydroxylation sites is 1. The first-order valence-electron chi connectivity index (χ1n) is 11.8. The molecule has 3 aromatic rings. The third-order valence-corrected chi connectivity index (χ3v) is 8.18. The van der Waals surface area contributed by atoms with Gasteiger partial charge in [0.05, 0.1) is 4.90 Å². The van der Waals surface area contributed by atoms with Gasteiger partial charge in [-0.2, -0.15) is 9.29 Å². The number of hydrogen-bond donors (Lipinski definition) is 0.